The predicted octanol–water partition coefficient (Wildman–Crippen LogP) is 12.3. The Hall–Kier alpha value is -7.90. The Morgan fingerprint density at radius 3 is 1.34 bits per heavy atom. The zero-order chi connectivity index (χ0) is 83.3. The third-order valence-electron chi connectivity index (χ3n) is 24.6. The van der Waals surface area contributed by atoms with E-state index in [2.05, 4.69) is 114 Å². The van der Waals surface area contributed by atoms with Gasteiger partial charge in [-0.05, 0) is 187 Å². The molecule has 18 rings (SSSR count). The largest absolute Gasteiger partial charge is 0.371 e. The van der Waals surface area contributed by atoms with Gasteiger partial charge < -0.3 is 24.9 Å². The molecule has 1 saturated carbocycles. The lowest BCUT2D eigenvalue weighted by molar-refractivity contribution is -0.131. The Morgan fingerprint density at radius 1 is 0.444 bits per heavy atom. The molecule has 37 heteroatoms. The molecule has 7 aliphatic heterocycles. The van der Waals surface area contributed by atoms with Gasteiger partial charge in [0.2, 0.25) is 40.1 Å². The number of urea groups is 1. The Balaban J connectivity index is 0.000000120. The lowest BCUT2D eigenvalue weighted by Crippen LogP contribution is -2.60. The second kappa shape index (κ2) is 34.7. The van der Waals surface area contributed by atoms with Gasteiger partial charge in [-0.1, -0.05) is 61.5 Å². The molecule has 0 atom stereocenters. The van der Waals surface area contributed by atoms with Crippen LogP contribution in [0.1, 0.15) is 153 Å². The van der Waals surface area contributed by atoms with Crippen molar-refractivity contribution in [2.75, 3.05) is 137 Å². The van der Waals surface area contributed by atoms with Crippen LogP contribution in [0.4, 0.5) is 27.5 Å². The number of rotatable bonds is 13. The molecule has 1 aliphatic carbocycles. The number of hydrogen-bond donors (Lipinski definition) is 6. The van der Waals surface area contributed by atoms with Crippen molar-refractivity contribution in [3.05, 3.63) is 123 Å². The van der Waals surface area contributed by atoms with Crippen LogP contribution in [0.3, 0.4) is 0 Å². The summed E-state index contributed by atoms with van der Waals surface area (Å²) < 4.78 is 104. The number of hydrogen-bond acceptors (Lipinski definition) is 19. The average Bonchev–Trinajstić information content (AvgIpc) is 1.71. The fraction of sp³-hybridized carbons (Fsp3) is 0.537. The number of sulfonamides is 4. The number of benzene rings is 5. The second-order valence-corrected chi connectivity index (χ2v) is 43.3. The molecule has 0 bridgehead atoms. The van der Waals surface area contributed by atoms with E-state index in [1.54, 1.807) is 37.3 Å². The van der Waals surface area contributed by atoms with E-state index in [-0.39, 0.29) is 22.4 Å². The molecule has 8 fully saturated rings. The standard InChI is InChI=1S/C17H22ClN3O2S.C17H26N4O2S.C16H23N5O2S.C15H16ClN5O2.C15H20ClN3O2S/c18-13-9-15(16-11-19-20-17(16)10-13)12-5-7-21(8-6-12)24(22,23)14-3-1-2-4-14;1-12(2)13-8-15-14(10-18-19-15)16(9-13)20-6-7-21(24(5,22)23)17(3,4)11-20;1-24(22,23)21-8-6-20(7-9-21)16-11-13(19-4-2-3-5-19)10-15-14(16)12-17-18-15;1-20-13(22)15(18-14(20)23)2-4-21(5-3-15)12-7-9(16)6-11-10(12)8-17-19-11;1-10(2)22(20,21)19-5-3-11(4-6-19)13-7-12(16)8-15-14(13)9-17-18-15/h9-12,14H,1-8H2,(H,19,20);8-10,12H,6-7,11H2,1-5H3,(H,18,19);10-12H,2-9H2,1H3,(H,17,18);6-8H,2-5H2,1H3,(H,17,19)(H,18,23);7-11H,3-6H2,1-2H3,(H,17,18). The first-order valence-corrected chi connectivity index (χ1v) is 48.2. The van der Waals surface area contributed by atoms with Gasteiger partial charge in [0.15, 0.2) is 0 Å². The van der Waals surface area contributed by atoms with E-state index in [1.165, 1.54) is 54.1 Å². The number of nitrogens with zero attached hydrogens (tertiary/aromatic N) is 14. The van der Waals surface area contributed by atoms with Crippen molar-refractivity contribution in [3.8, 4) is 0 Å². The number of piperazine rings is 2. The zero-order valence-electron chi connectivity index (χ0n) is 67.7. The smallest absolute Gasteiger partial charge is 0.324 e. The first-order valence-electron chi connectivity index (χ1n) is 40.4. The van der Waals surface area contributed by atoms with E-state index in [0.29, 0.717) is 131 Å². The molecule has 1 spiro atoms. The van der Waals surface area contributed by atoms with E-state index >= 15 is 0 Å². The minimum atomic E-state index is -3.20. The van der Waals surface area contributed by atoms with Gasteiger partial charge in [-0.15, -0.1) is 0 Å². The molecule has 0 unspecified atom stereocenters. The molecule has 117 heavy (non-hydrogen) atoms. The van der Waals surface area contributed by atoms with Crippen molar-refractivity contribution >= 4 is 164 Å². The van der Waals surface area contributed by atoms with Gasteiger partial charge in [0, 0.05) is 176 Å². The molecule has 5 aromatic carbocycles. The topological polar surface area (TPSA) is 355 Å². The van der Waals surface area contributed by atoms with Crippen molar-refractivity contribution in [2.45, 2.75) is 158 Å². The number of piperidine rings is 3. The predicted molar refractivity (Wildman–Crippen MR) is 465 cm³/mol. The van der Waals surface area contributed by atoms with Gasteiger partial charge in [0.25, 0.3) is 5.91 Å². The first kappa shape index (κ1) is 85.5. The maximum atomic E-state index is 12.7. The lowest BCUT2D eigenvalue weighted by atomic mass is 9.87. The third kappa shape index (κ3) is 18.4. The fourth-order valence-electron chi connectivity index (χ4n) is 18.1. The number of carbonyl (C=O) groups is 2. The number of carbonyl (C=O) groups excluding carboxylic acids is 2. The van der Waals surface area contributed by atoms with Gasteiger partial charge >= 0.3 is 6.03 Å². The van der Waals surface area contributed by atoms with Gasteiger partial charge in [-0.25, -0.2) is 47.1 Å². The van der Waals surface area contributed by atoms with E-state index in [1.807, 2.05) is 75.0 Å². The summed E-state index contributed by atoms with van der Waals surface area (Å²) in [6.45, 7) is 22.0. The van der Waals surface area contributed by atoms with Crippen LogP contribution in [0.15, 0.2) is 91.6 Å². The SMILES string of the molecule is CC(C)S(=O)(=O)N1CCC(c2cc(Cl)cc3[nH]ncc23)CC1.CC(C)c1cc(N2CCN(S(C)(=O)=O)C(C)(C)C2)c2cn[nH]c2c1.CN1C(=O)NC2(CCN(c3cc(Cl)cc4[nH]ncc34)CC2)C1=O.CS(=O)(=O)N1CCN(c2cc(N3CCCC3)cc3[nH]ncc23)CC1.O=S(=O)(C1CCCC1)N1CCC(c2cc(Cl)cc3[nH]ncc23)CC1. The number of anilines is 4. The van der Waals surface area contributed by atoms with Gasteiger partial charge in [-0.3, -0.25) is 35.2 Å². The maximum absolute atomic E-state index is 12.7. The van der Waals surface area contributed by atoms with Crippen LogP contribution in [0.25, 0.3) is 54.5 Å². The summed E-state index contributed by atoms with van der Waals surface area (Å²) in [5.74, 6) is 0.930. The normalized spacial score (nSPS) is 20.1. The average molecular weight is 1740 g/mol. The number of aromatic nitrogens is 10. The lowest BCUT2D eigenvalue weighted by Gasteiger charge is -2.46. The molecule has 8 aliphatic rings. The summed E-state index contributed by atoms with van der Waals surface area (Å²) in [5, 5.41) is 45.4. The van der Waals surface area contributed by atoms with E-state index in [9.17, 15) is 43.3 Å². The van der Waals surface area contributed by atoms with Gasteiger partial charge in [0.05, 0.1) is 81.6 Å². The van der Waals surface area contributed by atoms with Crippen LogP contribution < -0.4 is 24.9 Å². The number of likely N-dealkylation sites (N-methyl/N-ethyl adjacent to an activating group) is 1. The second-order valence-electron chi connectivity index (χ2n) is 33.4. The van der Waals surface area contributed by atoms with Gasteiger partial charge in [0.1, 0.15) is 5.54 Å². The highest BCUT2D eigenvalue weighted by Gasteiger charge is 2.51. The molecule has 6 N–H and O–H groups in total. The molecular weight excluding hydrogens is 1640 g/mol. The minimum Gasteiger partial charge on any atom is -0.371 e. The zero-order valence-corrected chi connectivity index (χ0v) is 73.3. The summed E-state index contributed by atoms with van der Waals surface area (Å²) in [7, 11) is -11.1. The van der Waals surface area contributed by atoms with Crippen LogP contribution in [0, 0.1) is 0 Å². The number of nitrogens with one attached hydrogen (secondary N) is 6. The Morgan fingerprint density at radius 2 is 0.880 bits per heavy atom. The van der Waals surface area contributed by atoms with Crippen LogP contribution in [0.2, 0.25) is 15.1 Å². The molecule has 632 valence electrons. The summed E-state index contributed by atoms with van der Waals surface area (Å²) in [6, 6.07) is 19.9. The molecule has 7 saturated heterocycles. The highest BCUT2D eigenvalue weighted by Crippen LogP contribution is 2.42. The first-order chi connectivity index (χ1) is 55.6. The summed E-state index contributed by atoms with van der Waals surface area (Å²) in [5.41, 5.74) is 11.7. The Kier molecular flexibility index (Phi) is 25.3. The number of amides is 3. The molecular formula is C80H107Cl3N20O10S4. The molecule has 0 radical (unpaired) electrons. The number of H-pyrrole nitrogens is 5. The highest BCUT2D eigenvalue weighted by molar-refractivity contribution is 7.90. The molecule has 12 heterocycles. The number of fused-ring (bicyclic) bond motifs is 5. The van der Waals surface area contributed by atoms with Crippen LogP contribution in [-0.4, -0.2) is 258 Å². The van der Waals surface area contributed by atoms with Crippen molar-refractivity contribution in [3.63, 3.8) is 0 Å². The minimum absolute atomic E-state index is 0.137. The van der Waals surface area contributed by atoms with E-state index < -0.39 is 51.2 Å². The van der Waals surface area contributed by atoms with Crippen molar-refractivity contribution in [2.24, 2.45) is 0 Å². The number of aromatic amines is 5. The number of halogens is 3. The summed E-state index contributed by atoms with van der Waals surface area (Å²) in [4.78, 5) is 34.4. The van der Waals surface area contributed by atoms with E-state index in [0.717, 1.165) is 142 Å². The highest BCUT2D eigenvalue weighted by atomic mass is 35.5. The van der Waals surface area contributed by atoms with E-state index in [4.69, 9.17) is 34.8 Å². The Labute approximate surface area is 699 Å². The number of imide groups is 1. The Bertz CT molecular complexity index is 5730. The molecule has 10 aromatic rings. The fourth-order valence-corrected chi connectivity index (χ4v) is 24.3. The summed E-state index contributed by atoms with van der Waals surface area (Å²) in [6.07, 6.45) is 22.4. The van der Waals surface area contributed by atoms with Crippen LogP contribution in [0.5, 0.6) is 0 Å². The third-order valence-corrected chi connectivity index (χ3v) is 32.7. The van der Waals surface area contributed by atoms with Crippen LogP contribution >= 0.6 is 34.8 Å². The maximum Gasteiger partial charge on any atom is 0.324 e. The molecule has 3 amide bonds. The molecule has 5 aromatic heterocycles. The van der Waals surface area contributed by atoms with Crippen LogP contribution in [-0.2, 0) is 44.9 Å². The monoisotopic (exact) mass is 1740 g/mol. The van der Waals surface area contributed by atoms with Crippen molar-refractivity contribution < 1.29 is 43.3 Å². The molecule has 30 nitrogen and oxygen atoms in total. The van der Waals surface area contributed by atoms with Crippen molar-refractivity contribution in [1.82, 2.24) is 78.4 Å². The van der Waals surface area contributed by atoms with Gasteiger partial charge in [-0.2, -0.15) is 34.1 Å². The quantitative estimate of drug-likeness (QED) is 0.0584. The van der Waals surface area contributed by atoms with Crippen molar-refractivity contribution in [1.29, 1.82) is 0 Å². The summed E-state index contributed by atoms with van der Waals surface area (Å²) >= 11 is 18.6.